The second kappa shape index (κ2) is 8.29. The van der Waals surface area contributed by atoms with Crippen molar-refractivity contribution in [1.29, 1.82) is 0 Å². The zero-order chi connectivity index (χ0) is 24.8. The summed E-state index contributed by atoms with van der Waals surface area (Å²) in [5, 5.41) is 9.39. The molecule has 2 saturated heterocycles. The lowest BCUT2D eigenvalue weighted by Gasteiger charge is -2.43. The highest BCUT2D eigenvalue weighted by Crippen LogP contribution is 2.50. The maximum Gasteiger partial charge on any atom is 0.421 e. The largest absolute Gasteiger partial charge is 0.421 e. The first-order valence-corrected chi connectivity index (χ1v) is 10.8. The third-order valence-corrected chi connectivity index (χ3v) is 6.30. The SMILES string of the molecule is O=C(Nc1c(-c2ccn[nH]2)ccnc1N1CCC(F)(F)C1)c1ccc(C2(C(F)(F)F)CCO2)cc1. The number of benzene rings is 1. The van der Waals surface area contributed by atoms with Gasteiger partial charge in [0, 0.05) is 42.9 Å². The fraction of sp³-hybridized carbons (Fsp3) is 0.348. The molecule has 4 heterocycles. The summed E-state index contributed by atoms with van der Waals surface area (Å²) in [5.74, 6) is -3.35. The summed E-state index contributed by atoms with van der Waals surface area (Å²) in [6.45, 7) is -0.509. The van der Waals surface area contributed by atoms with Gasteiger partial charge in [0.2, 0.25) is 0 Å². The van der Waals surface area contributed by atoms with Gasteiger partial charge in [-0.15, -0.1) is 0 Å². The Bertz CT molecular complexity index is 1220. The summed E-state index contributed by atoms with van der Waals surface area (Å²) in [7, 11) is 0. The molecule has 0 spiro atoms. The molecule has 2 fully saturated rings. The van der Waals surface area contributed by atoms with Gasteiger partial charge in [-0.3, -0.25) is 9.89 Å². The Morgan fingerprint density at radius 3 is 2.37 bits per heavy atom. The number of aromatic nitrogens is 3. The lowest BCUT2D eigenvalue weighted by atomic mass is 9.85. The Balaban J connectivity index is 1.46. The number of carbonyl (C=O) groups is 1. The molecule has 0 saturated carbocycles. The quantitative estimate of drug-likeness (QED) is 0.502. The van der Waals surface area contributed by atoms with Crippen molar-refractivity contribution in [3.05, 3.63) is 59.9 Å². The molecule has 0 bridgehead atoms. The molecule has 1 atom stereocenters. The first-order valence-electron chi connectivity index (χ1n) is 10.8. The van der Waals surface area contributed by atoms with Crippen molar-refractivity contribution < 1.29 is 31.5 Å². The minimum atomic E-state index is -4.59. The molecule has 1 unspecified atom stereocenters. The molecule has 1 aromatic carbocycles. The van der Waals surface area contributed by atoms with Crippen LogP contribution in [0.25, 0.3) is 11.3 Å². The molecular weight excluding hydrogens is 473 g/mol. The van der Waals surface area contributed by atoms with Gasteiger partial charge in [0.25, 0.3) is 11.8 Å². The average Bonchev–Trinajstić information content (AvgIpc) is 3.42. The van der Waals surface area contributed by atoms with Gasteiger partial charge in [-0.05, 0) is 29.8 Å². The molecule has 12 heteroatoms. The van der Waals surface area contributed by atoms with Gasteiger partial charge in [-0.1, -0.05) is 12.1 Å². The van der Waals surface area contributed by atoms with Gasteiger partial charge in [0.1, 0.15) is 0 Å². The minimum absolute atomic E-state index is 0.00252. The average molecular weight is 493 g/mol. The summed E-state index contributed by atoms with van der Waals surface area (Å²) in [6, 6.07) is 8.22. The van der Waals surface area contributed by atoms with E-state index < -0.39 is 30.2 Å². The number of rotatable bonds is 5. The number of ether oxygens (including phenoxy) is 1. The summed E-state index contributed by atoms with van der Waals surface area (Å²) >= 11 is 0. The van der Waals surface area contributed by atoms with Crippen LogP contribution in [0.5, 0.6) is 0 Å². The van der Waals surface area contributed by atoms with Gasteiger partial charge in [0.05, 0.1) is 24.5 Å². The Labute approximate surface area is 196 Å². The smallest absolute Gasteiger partial charge is 0.361 e. The summed E-state index contributed by atoms with van der Waals surface area (Å²) in [5.41, 5.74) is -1.17. The number of anilines is 2. The fourth-order valence-corrected chi connectivity index (χ4v) is 4.36. The molecule has 2 aliphatic heterocycles. The molecule has 7 nitrogen and oxygen atoms in total. The van der Waals surface area contributed by atoms with Gasteiger partial charge in [-0.25, -0.2) is 13.8 Å². The summed E-state index contributed by atoms with van der Waals surface area (Å²) < 4.78 is 73.3. The van der Waals surface area contributed by atoms with Crippen LogP contribution < -0.4 is 10.2 Å². The molecule has 3 aromatic rings. The topological polar surface area (TPSA) is 83.1 Å². The highest BCUT2D eigenvalue weighted by Gasteiger charge is 2.61. The number of amides is 1. The van der Waals surface area contributed by atoms with E-state index in [1.807, 2.05) is 0 Å². The number of carbonyl (C=O) groups excluding carboxylic acids is 1. The van der Waals surface area contributed by atoms with Crippen molar-refractivity contribution in [2.75, 3.05) is 29.9 Å². The number of pyridine rings is 1. The third kappa shape index (κ3) is 4.11. The summed E-state index contributed by atoms with van der Waals surface area (Å²) in [4.78, 5) is 18.7. The molecule has 35 heavy (non-hydrogen) atoms. The second-order valence-electron chi connectivity index (χ2n) is 8.51. The van der Waals surface area contributed by atoms with Crippen molar-refractivity contribution in [2.45, 2.75) is 30.5 Å². The van der Waals surface area contributed by atoms with E-state index in [0.717, 1.165) is 0 Å². The molecule has 1 amide bonds. The molecule has 184 valence electrons. The predicted octanol–water partition coefficient (Wildman–Crippen LogP) is 4.75. The van der Waals surface area contributed by atoms with E-state index in [0.29, 0.717) is 11.3 Å². The van der Waals surface area contributed by atoms with E-state index in [9.17, 15) is 26.7 Å². The van der Waals surface area contributed by atoms with Crippen LogP contribution in [-0.2, 0) is 10.3 Å². The van der Waals surface area contributed by atoms with Crippen LogP contribution in [0.2, 0.25) is 0 Å². The minimum Gasteiger partial charge on any atom is -0.361 e. The monoisotopic (exact) mass is 493 g/mol. The van der Waals surface area contributed by atoms with E-state index >= 15 is 0 Å². The fourth-order valence-electron chi connectivity index (χ4n) is 4.36. The van der Waals surface area contributed by atoms with Gasteiger partial charge < -0.3 is 15.0 Å². The van der Waals surface area contributed by atoms with Crippen LogP contribution >= 0.6 is 0 Å². The number of hydrogen-bond donors (Lipinski definition) is 2. The van der Waals surface area contributed by atoms with Crippen molar-refractivity contribution in [2.24, 2.45) is 0 Å². The Kier molecular flexibility index (Phi) is 5.50. The van der Waals surface area contributed by atoms with Crippen LogP contribution in [0.15, 0.2) is 48.8 Å². The molecule has 0 radical (unpaired) electrons. The maximum atomic E-state index is 13.9. The number of nitrogens with zero attached hydrogens (tertiary/aromatic N) is 3. The highest BCUT2D eigenvalue weighted by molar-refractivity contribution is 6.08. The number of nitrogens with one attached hydrogen (secondary N) is 2. The van der Waals surface area contributed by atoms with E-state index in [2.05, 4.69) is 20.5 Å². The van der Waals surface area contributed by atoms with Gasteiger partial charge in [-0.2, -0.15) is 18.3 Å². The lowest BCUT2D eigenvalue weighted by Crippen LogP contribution is -2.52. The first-order chi connectivity index (χ1) is 16.6. The second-order valence-corrected chi connectivity index (χ2v) is 8.51. The molecule has 2 N–H and O–H groups in total. The Morgan fingerprint density at radius 1 is 1.09 bits per heavy atom. The Morgan fingerprint density at radius 2 is 1.83 bits per heavy atom. The molecular formula is C23H20F5N5O2. The standard InChI is InChI=1S/C23H20F5N5O2/c24-21(25)7-11-33(13-21)19-18(16(5-9-29-19)17-6-10-30-32-17)31-20(34)14-1-3-15(4-2-14)22(8-12-35-22)23(26,27)28/h1-6,9-10H,7-8,11-13H2,(H,30,32)(H,31,34). The Hall–Kier alpha value is -3.54. The van der Waals surface area contributed by atoms with Crippen molar-refractivity contribution in [3.63, 3.8) is 0 Å². The van der Waals surface area contributed by atoms with Gasteiger partial charge >= 0.3 is 6.18 Å². The molecule has 2 aromatic heterocycles. The highest BCUT2D eigenvalue weighted by atomic mass is 19.4. The molecule has 5 rings (SSSR count). The molecule has 2 aliphatic rings. The number of halogens is 5. The number of alkyl halides is 5. The van der Waals surface area contributed by atoms with Crippen LogP contribution in [0.3, 0.4) is 0 Å². The first kappa shape index (κ1) is 23.2. The van der Waals surface area contributed by atoms with Crippen molar-refractivity contribution in [1.82, 2.24) is 15.2 Å². The van der Waals surface area contributed by atoms with E-state index in [4.69, 9.17) is 4.74 Å². The van der Waals surface area contributed by atoms with E-state index in [-0.39, 0.29) is 48.6 Å². The zero-order valence-electron chi connectivity index (χ0n) is 18.2. The van der Waals surface area contributed by atoms with Crippen LogP contribution in [0.4, 0.5) is 33.5 Å². The molecule has 0 aliphatic carbocycles. The zero-order valence-corrected chi connectivity index (χ0v) is 18.2. The van der Waals surface area contributed by atoms with Crippen molar-refractivity contribution in [3.8, 4) is 11.3 Å². The van der Waals surface area contributed by atoms with E-state index in [1.165, 1.54) is 41.6 Å². The summed E-state index contributed by atoms with van der Waals surface area (Å²) in [6.07, 6.45) is -2.18. The number of H-pyrrole nitrogens is 1. The normalized spacial score (nSPS) is 21.6. The predicted molar refractivity (Wildman–Crippen MR) is 116 cm³/mol. The lowest BCUT2D eigenvalue weighted by molar-refractivity contribution is -0.333. The maximum absolute atomic E-state index is 13.9. The number of hydrogen-bond acceptors (Lipinski definition) is 5. The van der Waals surface area contributed by atoms with Gasteiger partial charge in [0.15, 0.2) is 11.4 Å². The van der Waals surface area contributed by atoms with Crippen LogP contribution in [0.1, 0.15) is 28.8 Å². The van der Waals surface area contributed by atoms with Crippen LogP contribution in [-0.4, -0.2) is 52.9 Å². The third-order valence-electron chi connectivity index (χ3n) is 6.30. The number of aromatic amines is 1. The van der Waals surface area contributed by atoms with Crippen molar-refractivity contribution >= 4 is 17.4 Å². The van der Waals surface area contributed by atoms with Crippen LogP contribution in [0, 0.1) is 0 Å². The van der Waals surface area contributed by atoms with E-state index in [1.54, 1.807) is 12.1 Å².